The van der Waals surface area contributed by atoms with E-state index in [1.165, 1.54) is 0 Å². The van der Waals surface area contributed by atoms with E-state index < -0.39 is 0 Å². The predicted octanol–water partition coefficient (Wildman–Crippen LogP) is 3.38. The largest absolute Gasteiger partial charge is 0.348 e. The van der Waals surface area contributed by atoms with Gasteiger partial charge in [-0.05, 0) is 24.1 Å². The molecule has 5 nitrogen and oxygen atoms in total. The Hall–Kier alpha value is -0.850. The molecule has 0 radical (unpaired) electrons. The number of nitrogens with one attached hydrogen (secondary N) is 1. The van der Waals surface area contributed by atoms with Crippen LogP contribution in [0.25, 0.3) is 0 Å². The van der Waals surface area contributed by atoms with Gasteiger partial charge in [0.1, 0.15) is 12.7 Å². The maximum atomic E-state index is 6.39. The van der Waals surface area contributed by atoms with Gasteiger partial charge < -0.3 is 14.9 Å². The molecule has 120 valence electrons. The molecule has 22 heavy (non-hydrogen) atoms. The Kier molecular flexibility index (Phi) is 5.21. The van der Waals surface area contributed by atoms with Crippen LogP contribution in [0, 0.1) is 0 Å². The Balaban J connectivity index is 1.84. The minimum atomic E-state index is -0.385. The molecule has 1 fully saturated rings. The van der Waals surface area contributed by atoms with Crippen LogP contribution in [-0.2, 0) is 9.47 Å². The number of ether oxygens (including phenoxy) is 2. The molecule has 1 aromatic rings. The fraction of sp³-hybridized carbons (Fsp3) is 0.533. The molecule has 0 aliphatic carbocycles. The maximum Gasteiger partial charge on any atom is 0.179 e. The van der Waals surface area contributed by atoms with Crippen LogP contribution in [0.5, 0.6) is 0 Å². The summed E-state index contributed by atoms with van der Waals surface area (Å²) in [5.41, 5.74) is 4.02. The second-order valence-electron chi connectivity index (χ2n) is 5.41. The normalized spacial score (nSPS) is 26.3. The van der Waals surface area contributed by atoms with Gasteiger partial charge >= 0.3 is 0 Å². The Bertz CT molecular complexity index is 548. The molecule has 7 heteroatoms. The predicted molar refractivity (Wildman–Crippen MR) is 87.1 cm³/mol. The third-order valence-corrected chi connectivity index (χ3v) is 4.37. The minimum absolute atomic E-state index is 0.132. The van der Waals surface area contributed by atoms with Crippen LogP contribution in [0.3, 0.4) is 0 Å². The highest BCUT2D eigenvalue weighted by molar-refractivity contribution is 6.35. The van der Waals surface area contributed by atoms with Crippen molar-refractivity contribution in [2.24, 2.45) is 4.99 Å². The first-order chi connectivity index (χ1) is 10.7. The topological polar surface area (TPSA) is 46.1 Å². The molecule has 1 N–H and O–H groups in total. The lowest BCUT2D eigenvalue weighted by Gasteiger charge is -2.31. The third kappa shape index (κ3) is 3.39. The van der Waals surface area contributed by atoms with Gasteiger partial charge in [-0.1, -0.05) is 42.6 Å². The molecule has 3 unspecified atom stereocenters. The number of benzene rings is 1. The average molecular weight is 344 g/mol. The van der Waals surface area contributed by atoms with Crippen LogP contribution >= 0.6 is 23.2 Å². The van der Waals surface area contributed by atoms with Gasteiger partial charge in [-0.2, -0.15) is 5.01 Å². The zero-order valence-corrected chi connectivity index (χ0v) is 13.8. The smallest absolute Gasteiger partial charge is 0.179 e. The number of halogens is 2. The van der Waals surface area contributed by atoms with E-state index in [-0.39, 0.29) is 18.4 Å². The van der Waals surface area contributed by atoms with Crippen molar-refractivity contribution >= 4 is 29.5 Å². The van der Waals surface area contributed by atoms with E-state index in [0.29, 0.717) is 23.3 Å². The highest BCUT2D eigenvalue weighted by atomic mass is 35.5. The number of hydrazine groups is 1. The first-order valence-electron chi connectivity index (χ1n) is 7.42. The lowest BCUT2D eigenvalue weighted by Crippen LogP contribution is -2.42. The first-order valence-corrected chi connectivity index (χ1v) is 8.17. The van der Waals surface area contributed by atoms with Gasteiger partial charge in [-0.15, -0.1) is 0 Å². The highest BCUT2D eigenvalue weighted by Crippen LogP contribution is 2.36. The molecular formula is C15H19Cl2N3O2. The van der Waals surface area contributed by atoms with Crippen LogP contribution in [0.15, 0.2) is 23.2 Å². The summed E-state index contributed by atoms with van der Waals surface area (Å²) in [5.74, 6) is 0. The van der Waals surface area contributed by atoms with Crippen LogP contribution in [0.2, 0.25) is 10.0 Å². The van der Waals surface area contributed by atoms with Gasteiger partial charge in [0, 0.05) is 10.0 Å². The molecule has 2 aliphatic heterocycles. The summed E-state index contributed by atoms with van der Waals surface area (Å²) >= 11 is 12.4. The van der Waals surface area contributed by atoms with Gasteiger partial charge in [0.15, 0.2) is 6.29 Å². The standard InChI is InChI=1S/C15H19Cl2N3O2/c1-2-3-11-7-21-15(22-11)14(20-9-18-8-19-20)12-5-4-10(16)6-13(12)17/h4-6,8,11,14-15H,2-3,7,9H2,1H3,(H,18,19). The molecule has 0 amide bonds. The number of hydrogen-bond donors (Lipinski definition) is 1. The zero-order valence-electron chi connectivity index (χ0n) is 12.3. The van der Waals surface area contributed by atoms with Gasteiger partial charge in [0.25, 0.3) is 0 Å². The highest BCUT2D eigenvalue weighted by Gasteiger charge is 2.38. The fourth-order valence-electron chi connectivity index (χ4n) is 2.76. The summed E-state index contributed by atoms with van der Waals surface area (Å²) in [6.07, 6.45) is 3.46. The van der Waals surface area contributed by atoms with Crippen molar-refractivity contribution < 1.29 is 9.47 Å². The van der Waals surface area contributed by atoms with Crippen molar-refractivity contribution in [1.29, 1.82) is 0 Å². The van der Waals surface area contributed by atoms with Crippen molar-refractivity contribution in [3.05, 3.63) is 33.8 Å². The van der Waals surface area contributed by atoms with E-state index in [2.05, 4.69) is 17.3 Å². The van der Waals surface area contributed by atoms with Crippen LogP contribution < -0.4 is 5.43 Å². The molecular weight excluding hydrogens is 325 g/mol. The molecule has 0 bridgehead atoms. The Morgan fingerprint density at radius 1 is 1.45 bits per heavy atom. The molecule has 2 heterocycles. The van der Waals surface area contributed by atoms with Crippen LogP contribution in [0.4, 0.5) is 0 Å². The summed E-state index contributed by atoms with van der Waals surface area (Å²) < 4.78 is 11.9. The third-order valence-electron chi connectivity index (χ3n) is 3.81. The quantitative estimate of drug-likeness (QED) is 0.890. The van der Waals surface area contributed by atoms with E-state index in [0.717, 1.165) is 18.4 Å². The Morgan fingerprint density at radius 3 is 3.00 bits per heavy atom. The summed E-state index contributed by atoms with van der Waals surface area (Å²) in [5, 5.41) is 3.15. The molecule has 0 saturated carbocycles. The van der Waals surface area contributed by atoms with Crippen LogP contribution in [-0.4, -0.2) is 37.0 Å². The Morgan fingerprint density at radius 2 is 2.32 bits per heavy atom. The number of nitrogens with zero attached hydrogens (tertiary/aromatic N) is 2. The van der Waals surface area contributed by atoms with Crippen molar-refractivity contribution in [3.8, 4) is 0 Å². The molecule has 1 saturated heterocycles. The van der Waals surface area contributed by atoms with Crippen LogP contribution in [0.1, 0.15) is 31.4 Å². The number of aliphatic imine (C=N–C) groups is 1. The molecule has 0 spiro atoms. The number of rotatable bonds is 5. The van der Waals surface area contributed by atoms with E-state index in [1.807, 2.05) is 17.1 Å². The second kappa shape index (κ2) is 7.15. The van der Waals surface area contributed by atoms with Gasteiger partial charge in [0.2, 0.25) is 0 Å². The van der Waals surface area contributed by atoms with Gasteiger partial charge in [-0.25, -0.2) is 0 Å². The molecule has 1 aromatic carbocycles. The molecule has 3 atom stereocenters. The van der Waals surface area contributed by atoms with E-state index >= 15 is 0 Å². The SMILES string of the molecule is CCCC1COC(C(c2ccc(Cl)cc2Cl)N2CN=CN2)O1. The van der Waals surface area contributed by atoms with Gasteiger partial charge in [-0.3, -0.25) is 4.99 Å². The van der Waals surface area contributed by atoms with Crippen molar-refractivity contribution in [1.82, 2.24) is 10.4 Å². The van der Waals surface area contributed by atoms with E-state index in [4.69, 9.17) is 32.7 Å². The minimum Gasteiger partial charge on any atom is -0.348 e. The first kappa shape index (κ1) is 16.0. The summed E-state index contributed by atoms with van der Waals surface area (Å²) in [6, 6.07) is 5.29. The number of hydrogen-bond acceptors (Lipinski definition) is 5. The second-order valence-corrected chi connectivity index (χ2v) is 6.25. The summed E-state index contributed by atoms with van der Waals surface area (Å²) in [6.45, 7) is 3.26. The maximum absolute atomic E-state index is 6.39. The van der Waals surface area contributed by atoms with Gasteiger partial charge in [0.05, 0.1) is 19.0 Å². The van der Waals surface area contributed by atoms with E-state index in [1.54, 1.807) is 12.4 Å². The summed E-state index contributed by atoms with van der Waals surface area (Å²) in [4.78, 5) is 4.19. The average Bonchev–Trinajstić information content (AvgIpc) is 3.14. The lowest BCUT2D eigenvalue weighted by atomic mass is 10.1. The molecule has 0 aromatic heterocycles. The Labute approximate surface area is 140 Å². The molecule has 3 rings (SSSR count). The summed E-state index contributed by atoms with van der Waals surface area (Å²) in [7, 11) is 0. The van der Waals surface area contributed by atoms with Crippen molar-refractivity contribution in [2.75, 3.05) is 13.3 Å². The lowest BCUT2D eigenvalue weighted by molar-refractivity contribution is -0.117. The van der Waals surface area contributed by atoms with E-state index in [9.17, 15) is 0 Å². The zero-order chi connectivity index (χ0) is 15.5. The monoisotopic (exact) mass is 343 g/mol. The van der Waals surface area contributed by atoms with Crippen molar-refractivity contribution in [3.63, 3.8) is 0 Å². The molecule has 2 aliphatic rings. The fourth-order valence-corrected chi connectivity index (χ4v) is 3.29. The van der Waals surface area contributed by atoms with Crippen molar-refractivity contribution in [2.45, 2.75) is 38.2 Å².